The number of carbonyl (C=O) groups is 1. The number of rotatable bonds is 4. The maximum atomic E-state index is 11.0. The van der Waals surface area contributed by atoms with E-state index >= 15 is 0 Å². The molecule has 70 valence electrons. The van der Waals surface area contributed by atoms with Gasteiger partial charge in [-0.3, -0.25) is 4.79 Å². The highest BCUT2D eigenvalue weighted by molar-refractivity contribution is 6.02. The molecule has 0 spiro atoms. The van der Waals surface area contributed by atoms with Gasteiger partial charge in [-0.25, -0.2) is 0 Å². The summed E-state index contributed by atoms with van der Waals surface area (Å²) in [6.07, 6.45) is 9.67. The SMILES string of the molecule is C=C1C=CC(=O)C=C1CCCCC. The summed E-state index contributed by atoms with van der Waals surface area (Å²) < 4.78 is 0. The van der Waals surface area contributed by atoms with Crippen molar-refractivity contribution in [2.75, 3.05) is 0 Å². The van der Waals surface area contributed by atoms with Gasteiger partial charge in [-0.15, -0.1) is 0 Å². The molecule has 0 bridgehead atoms. The van der Waals surface area contributed by atoms with E-state index in [1.54, 1.807) is 12.2 Å². The van der Waals surface area contributed by atoms with Crippen LogP contribution in [0.4, 0.5) is 0 Å². The Morgan fingerprint density at radius 3 is 2.77 bits per heavy atom. The molecule has 0 aliphatic heterocycles. The first-order chi connectivity index (χ1) is 6.24. The Labute approximate surface area is 79.8 Å². The molecule has 0 atom stereocenters. The molecule has 0 radical (unpaired) electrons. The van der Waals surface area contributed by atoms with E-state index in [1.807, 2.05) is 6.08 Å². The molecule has 1 nitrogen and oxygen atoms in total. The van der Waals surface area contributed by atoms with E-state index in [0.29, 0.717) is 0 Å². The summed E-state index contributed by atoms with van der Waals surface area (Å²) in [7, 11) is 0. The van der Waals surface area contributed by atoms with Gasteiger partial charge in [0.25, 0.3) is 0 Å². The van der Waals surface area contributed by atoms with Crippen LogP contribution in [0.1, 0.15) is 32.6 Å². The normalized spacial score (nSPS) is 16.2. The van der Waals surface area contributed by atoms with Gasteiger partial charge in [0.05, 0.1) is 0 Å². The van der Waals surface area contributed by atoms with E-state index in [9.17, 15) is 4.79 Å². The lowest BCUT2D eigenvalue weighted by molar-refractivity contribution is -0.110. The Morgan fingerprint density at radius 1 is 1.31 bits per heavy atom. The molecule has 1 aliphatic carbocycles. The summed E-state index contributed by atoms with van der Waals surface area (Å²) in [4.78, 5) is 11.0. The molecule has 0 amide bonds. The fourth-order valence-corrected chi connectivity index (χ4v) is 1.40. The number of allylic oxidation sites excluding steroid dienone is 5. The van der Waals surface area contributed by atoms with Crippen LogP contribution in [0.2, 0.25) is 0 Å². The Kier molecular flexibility index (Phi) is 3.69. The van der Waals surface area contributed by atoms with Gasteiger partial charge in [0.15, 0.2) is 5.78 Å². The monoisotopic (exact) mass is 176 g/mol. The molecule has 0 saturated carbocycles. The first kappa shape index (κ1) is 9.97. The van der Waals surface area contributed by atoms with Gasteiger partial charge in [-0.2, -0.15) is 0 Å². The van der Waals surface area contributed by atoms with Gasteiger partial charge in [-0.05, 0) is 36.1 Å². The molecule has 0 unspecified atom stereocenters. The smallest absolute Gasteiger partial charge is 0.178 e. The molecule has 1 aliphatic rings. The van der Waals surface area contributed by atoms with Crippen LogP contribution < -0.4 is 0 Å². The van der Waals surface area contributed by atoms with Gasteiger partial charge in [0.1, 0.15) is 0 Å². The van der Waals surface area contributed by atoms with Gasteiger partial charge in [0, 0.05) is 0 Å². The highest BCUT2D eigenvalue weighted by Crippen LogP contribution is 2.20. The summed E-state index contributed by atoms with van der Waals surface area (Å²) in [5.41, 5.74) is 2.11. The lowest BCUT2D eigenvalue weighted by atomic mass is 9.95. The third-order valence-electron chi connectivity index (χ3n) is 2.23. The third kappa shape index (κ3) is 3.02. The fourth-order valence-electron chi connectivity index (χ4n) is 1.40. The number of carbonyl (C=O) groups excluding carboxylic acids is 1. The summed E-state index contributed by atoms with van der Waals surface area (Å²) in [5.74, 6) is 0.0962. The number of hydrogen-bond acceptors (Lipinski definition) is 1. The van der Waals surface area contributed by atoms with Crippen LogP contribution in [0.15, 0.2) is 36.0 Å². The summed E-state index contributed by atoms with van der Waals surface area (Å²) in [5, 5.41) is 0. The van der Waals surface area contributed by atoms with E-state index < -0.39 is 0 Å². The number of ketones is 1. The van der Waals surface area contributed by atoms with Crippen LogP contribution in [0.25, 0.3) is 0 Å². The minimum absolute atomic E-state index is 0.0962. The van der Waals surface area contributed by atoms with Crippen molar-refractivity contribution in [3.8, 4) is 0 Å². The predicted octanol–water partition coefficient (Wildman–Crippen LogP) is 3.19. The van der Waals surface area contributed by atoms with E-state index in [-0.39, 0.29) is 5.78 Å². The molecular formula is C12H16O. The van der Waals surface area contributed by atoms with Crippen molar-refractivity contribution in [2.24, 2.45) is 0 Å². The van der Waals surface area contributed by atoms with Crippen molar-refractivity contribution in [1.82, 2.24) is 0 Å². The quantitative estimate of drug-likeness (QED) is 0.601. The third-order valence-corrected chi connectivity index (χ3v) is 2.23. The average molecular weight is 176 g/mol. The van der Waals surface area contributed by atoms with Crippen LogP contribution in [0.5, 0.6) is 0 Å². The van der Waals surface area contributed by atoms with Gasteiger partial charge in [0.2, 0.25) is 0 Å². The van der Waals surface area contributed by atoms with Crippen molar-refractivity contribution in [1.29, 1.82) is 0 Å². The Hall–Kier alpha value is -1.11. The maximum absolute atomic E-state index is 11.0. The van der Waals surface area contributed by atoms with Crippen LogP contribution in [0.3, 0.4) is 0 Å². The maximum Gasteiger partial charge on any atom is 0.178 e. The van der Waals surface area contributed by atoms with Crippen molar-refractivity contribution < 1.29 is 4.79 Å². The van der Waals surface area contributed by atoms with Gasteiger partial charge >= 0.3 is 0 Å². The minimum Gasteiger partial charge on any atom is -0.290 e. The predicted molar refractivity (Wildman–Crippen MR) is 55.5 cm³/mol. The van der Waals surface area contributed by atoms with Crippen LogP contribution >= 0.6 is 0 Å². The van der Waals surface area contributed by atoms with E-state index in [2.05, 4.69) is 13.5 Å². The lowest BCUT2D eigenvalue weighted by Gasteiger charge is -2.09. The number of hydrogen-bond donors (Lipinski definition) is 0. The number of unbranched alkanes of at least 4 members (excludes halogenated alkanes) is 2. The van der Waals surface area contributed by atoms with Gasteiger partial charge in [-0.1, -0.05) is 32.4 Å². The largest absolute Gasteiger partial charge is 0.290 e. The van der Waals surface area contributed by atoms with E-state index in [4.69, 9.17) is 0 Å². The Morgan fingerprint density at radius 2 is 2.08 bits per heavy atom. The minimum atomic E-state index is 0.0962. The topological polar surface area (TPSA) is 17.1 Å². The highest BCUT2D eigenvalue weighted by atomic mass is 16.1. The first-order valence-electron chi connectivity index (χ1n) is 4.86. The first-order valence-corrected chi connectivity index (χ1v) is 4.86. The molecule has 1 rings (SSSR count). The van der Waals surface area contributed by atoms with E-state index in [1.165, 1.54) is 12.8 Å². The summed E-state index contributed by atoms with van der Waals surface area (Å²) in [6, 6.07) is 0. The standard InChI is InChI=1S/C12H16O/c1-3-4-5-6-11-9-12(13)8-7-10(11)2/h7-9H,2-6H2,1H3. The molecular weight excluding hydrogens is 160 g/mol. The zero-order valence-electron chi connectivity index (χ0n) is 8.18. The van der Waals surface area contributed by atoms with Crippen molar-refractivity contribution in [3.63, 3.8) is 0 Å². The Balaban J connectivity index is 2.48. The highest BCUT2D eigenvalue weighted by Gasteiger charge is 2.06. The second-order valence-electron chi connectivity index (χ2n) is 3.39. The fraction of sp³-hybridized carbons (Fsp3) is 0.417. The molecule has 0 aromatic heterocycles. The molecule has 0 fully saturated rings. The second kappa shape index (κ2) is 4.80. The zero-order chi connectivity index (χ0) is 9.68. The van der Waals surface area contributed by atoms with Crippen molar-refractivity contribution >= 4 is 5.78 Å². The van der Waals surface area contributed by atoms with E-state index in [0.717, 1.165) is 24.0 Å². The van der Waals surface area contributed by atoms with Crippen molar-refractivity contribution in [3.05, 3.63) is 36.0 Å². The second-order valence-corrected chi connectivity index (χ2v) is 3.39. The molecule has 0 saturated heterocycles. The van der Waals surface area contributed by atoms with Crippen molar-refractivity contribution in [2.45, 2.75) is 32.6 Å². The van der Waals surface area contributed by atoms with Gasteiger partial charge < -0.3 is 0 Å². The lowest BCUT2D eigenvalue weighted by Crippen LogP contribution is -1.98. The molecule has 0 aromatic rings. The molecule has 0 heterocycles. The molecule has 13 heavy (non-hydrogen) atoms. The van der Waals surface area contributed by atoms with Crippen LogP contribution in [-0.2, 0) is 4.79 Å². The van der Waals surface area contributed by atoms with Crippen LogP contribution in [-0.4, -0.2) is 5.78 Å². The Bertz CT molecular complexity index is 269. The zero-order valence-corrected chi connectivity index (χ0v) is 8.18. The average Bonchev–Trinajstić information content (AvgIpc) is 2.11. The molecule has 0 N–H and O–H groups in total. The summed E-state index contributed by atoms with van der Waals surface area (Å²) in [6.45, 7) is 6.08. The summed E-state index contributed by atoms with van der Waals surface area (Å²) >= 11 is 0. The molecule has 0 aromatic carbocycles. The van der Waals surface area contributed by atoms with Crippen LogP contribution in [0, 0.1) is 0 Å². The molecule has 1 heteroatoms.